The number of hydrogen-bond acceptors (Lipinski definition) is 6. The smallest absolute Gasteiger partial charge is 0.164 e. The minimum atomic E-state index is 0.594. The summed E-state index contributed by atoms with van der Waals surface area (Å²) in [6.07, 6.45) is 0. The third-order valence-electron chi connectivity index (χ3n) is 11.3. The molecule has 9 aromatic carbocycles. The lowest BCUT2D eigenvalue weighted by molar-refractivity contribution is 0.669. The Bertz CT molecular complexity index is 3510. The van der Waals surface area contributed by atoms with Gasteiger partial charge in [0.15, 0.2) is 17.5 Å². The number of furan rings is 1. The average molecular weight is 773 g/mol. The Hall–Kier alpha value is -7.67. The maximum atomic E-state index is 6.73. The van der Waals surface area contributed by atoms with Crippen molar-refractivity contribution in [3.63, 3.8) is 0 Å². The predicted molar refractivity (Wildman–Crippen MR) is 246 cm³/mol. The van der Waals surface area contributed by atoms with Crippen molar-refractivity contribution in [2.45, 2.75) is 0 Å². The topological polar surface area (TPSA) is 55.1 Å². The second-order valence-corrected chi connectivity index (χ2v) is 15.9. The Morgan fingerprint density at radius 3 is 1.73 bits per heavy atom. The van der Waals surface area contributed by atoms with Crippen LogP contribution >= 0.6 is 11.3 Å². The number of rotatable bonds is 6. The Morgan fingerprint density at radius 2 is 0.966 bits per heavy atom. The second-order valence-electron chi connectivity index (χ2n) is 14.8. The summed E-state index contributed by atoms with van der Waals surface area (Å²) in [4.78, 5) is 17.7. The zero-order chi connectivity index (χ0) is 38.9. The molecule has 0 radical (unpaired) electrons. The van der Waals surface area contributed by atoms with Gasteiger partial charge in [0, 0.05) is 70.8 Å². The molecule has 3 heterocycles. The third kappa shape index (κ3) is 5.72. The number of hydrogen-bond donors (Lipinski definition) is 0. The fraction of sp³-hybridized carbons (Fsp3) is 0. The molecule has 5 nitrogen and oxygen atoms in total. The van der Waals surface area contributed by atoms with E-state index in [-0.39, 0.29) is 0 Å². The van der Waals surface area contributed by atoms with Crippen molar-refractivity contribution in [3.05, 3.63) is 194 Å². The van der Waals surface area contributed by atoms with Crippen molar-refractivity contribution in [2.75, 3.05) is 4.90 Å². The van der Waals surface area contributed by atoms with Gasteiger partial charge in [-0.05, 0) is 76.1 Å². The first-order valence-electron chi connectivity index (χ1n) is 19.7. The quantitative estimate of drug-likeness (QED) is 0.168. The number of benzene rings is 9. The van der Waals surface area contributed by atoms with Gasteiger partial charge in [-0.25, -0.2) is 15.0 Å². The molecular formula is C53H32N4OS. The Balaban J connectivity index is 1.03. The van der Waals surface area contributed by atoms with Crippen LogP contribution in [0.5, 0.6) is 0 Å². The van der Waals surface area contributed by atoms with E-state index in [1.165, 1.54) is 41.7 Å². The van der Waals surface area contributed by atoms with Crippen LogP contribution in [0.2, 0.25) is 0 Å². The number of nitrogens with zero attached hydrogens (tertiary/aromatic N) is 4. The predicted octanol–water partition coefficient (Wildman–Crippen LogP) is 14.9. The highest BCUT2D eigenvalue weighted by molar-refractivity contribution is 7.25. The molecule has 59 heavy (non-hydrogen) atoms. The maximum absolute atomic E-state index is 6.73. The second kappa shape index (κ2) is 13.5. The first-order valence-corrected chi connectivity index (χ1v) is 20.5. The summed E-state index contributed by atoms with van der Waals surface area (Å²) in [6, 6.07) is 68.1. The van der Waals surface area contributed by atoms with Crippen molar-refractivity contribution in [2.24, 2.45) is 0 Å². The molecule has 12 aromatic rings. The molecule has 0 aliphatic heterocycles. The van der Waals surface area contributed by atoms with E-state index >= 15 is 0 Å². The standard InChI is InChI=1S/C53H32N4OS/c1-2-13-35(14-3-1)51-54-52(38-23-27-43-42-17-8-9-20-48(42)59-49(43)31-38)56-53(55-51)45-18-10-19-46-50(45)44-28-26-41(32-47(44)58-46)57(39-24-21-33-11-4-6-15-36(33)29-39)40-25-22-34-12-5-7-16-37(34)30-40/h1-32H. The molecule has 3 aromatic heterocycles. The largest absolute Gasteiger partial charge is 0.456 e. The molecule has 0 fully saturated rings. The molecule has 12 rings (SSSR count). The van der Waals surface area contributed by atoms with Crippen LogP contribution in [0.3, 0.4) is 0 Å². The zero-order valence-corrected chi connectivity index (χ0v) is 32.4. The molecule has 0 saturated heterocycles. The lowest BCUT2D eigenvalue weighted by Gasteiger charge is -2.26. The van der Waals surface area contributed by atoms with Crippen LogP contribution in [0.25, 0.3) is 97.8 Å². The molecule has 0 aliphatic carbocycles. The van der Waals surface area contributed by atoms with Crippen molar-refractivity contribution in [3.8, 4) is 34.2 Å². The van der Waals surface area contributed by atoms with Crippen LogP contribution in [-0.4, -0.2) is 15.0 Å². The zero-order valence-electron chi connectivity index (χ0n) is 31.6. The van der Waals surface area contributed by atoms with Crippen molar-refractivity contribution in [1.82, 2.24) is 15.0 Å². The molecule has 0 saturated carbocycles. The van der Waals surface area contributed by atoms with Gasteiger partial charge < -0.3 is 9.32 Å². The van der Waals surface area contributed by atoms with Gasteiger partial charge in [0.25, 0.3) is 0 Å². The lowest BCUT2D eigenvalue weighted by Crippen LogP contribution is -2.09. The van der Waals surface area contributed by atoms with Gasteiger partial charge in [0.1, 0.15) is 11.2 Å². The summed E-state index contributed by atoms with van der Waals surface area (Å²) in [5.41, 5.74) is 7.44. The van der Waals surface area contributed by atoms with Crippen molar-refractivity contribution in [1.29, 1.82) is 0 Å². The van der Waals surface area contributed by atoms with Crippen LogP contribution in [0.4, 0.5) is 17.1 Å². The van der Waals surface area contributed by atoms with Gasteiger partial charge in [0.05, 0.1) is 0 Å². The van der Waals surface area contributed by atoms with Gasteiger partial charge in [-0.1, -0.05) is 133 Å². The van der Waals surface area contributed by atoms with E-state index < -0.39 is 0 Å². The van der Waals surface area contributed by atoms with E-state index in [0.29, 0.717) is 17.5 Å². The number of fused-ring (bicyclic) bond motifs is 8. The normalized spacial score (nSPS) is 11.7. The van der Waals surface area contributed by atoms with Gasteiger partial charge in [-0.15, -0.1) is 11.3 Å². The third-order valence-corrected chi connectivity index (χ3v) is 12.4. The van der Waals surface area contributed by atoms with Gasteiger partial charge >= 0.3 is 0 Å². The molecule has 0 atom stereocenters. The summed E-state index contributed by atoms with van der Waals surface area (Å²) in [6.45, 7) is 0. The number of anilines is 3. The first kappa shape index (κ1) is 33.5. The summed E-state index contributed by atoms with van der Waals surface area (Å²) >= 11 is 1.79. The monoisotopic (exact) mass is 772 g/mol. The van der Waals surface area contributed by atoms with E-state index in [9.17, 15) is 0 Å². The van der Waals surface area contributed by atoms with Gasteiger partial charge in [0.2, 0.25) is 0 Å². The van der Waals surface area contributed by atoms with Crippen LogP contribution in [0, 0.1) is 0 Å². The van der Waals surface area contributed by atoms with E-state index in [1.807, 2.05) is 42.5 Å². The molecule has 0 spiro atoms. The summed E-state index contributed by atoms with van der Waals surface area (Å²) in [7, 11) is 0. The van der Waals surface area contributed by atoms with Crippen LogP contribution in [-0.2, 0) is 0 Å². The fourth-order valence-electron chi connectivity index (χ4n) is 8.43. The molecule has 6 heteroatoms. The molecule has 0 bridgehead atoms. The molecule has 276 valence electrons. The van der Waals surface area contributed by atoms with Crippen LogP contribution in [0.1, 0.15) is 0 Å². The molecular weight excluding hydrogens is 741 g/mol. The van der Waals surface area contributed by atoms with E-state index in [2.05, 4.69) is 157 Å². The van der Waals surface area contributed by atoms with E-state index in [4.69, 9.17) is 19.4 Å². The molecule has 0 aliphatic rings. The van der Waals surface area contributed by atoms with Gasteiger partial charge in [-0.2, -0.15) is 0 Å². The Kier molecular flexibility index (Phi) is 7.64. The minimum Gasteiger partial charge on any atom is -0.456 e. The fourth-order valence-corrected chi connectivity index (χ4v) is 9.57. The Labute approximate surface area is 343 Å². The number of thiophene rings is 1. The van der Waals surface area contributed by atoms with Gasteiger partial charge in [-0.3, -0.25) is 0 Å². The van der Waals surface area contributed by atoms with Crippen LogP contribution in [0.15, 0.2) is 199 Å². The van der Waals surface area contributed by atoms with Crippen molar-refractivity contribution >= 4 is 92.1 Å². The number of aromatic nitrogens is 3. The van der Waals surface area contributed by atoms with E-state index in [1.54, 1.807) is 11.3 Å². The molecule has 0 N–H and O–H groups in total. The minimum absolute atomic E-state index is 0.594. The summed E-state index contributed by atoms with van der Waals surface area (Å²) < 4.78 is 9.19. The maximum Gasteiger partial charge on any atom is 0.164 e. The lowest BCUT2D eigenvalue weighted by atomic mass is 10.0. The van der Waals surface area contributed by atoms with E-state index in [0.717, 1.165) is 55.7 Å². The molecule has 0 amide bonds. The highest BCUT2D eigenvalue weighted by atomic mass is 32.1. The highest BCUT2D eigenvalue weighted by Gasteiger charge is 2.21. The van der Waals surface area contributed by atoms with Crippen molar-refractivity contribution < 1.29 is 4.42 Å². The van der Waals surface area contributed by atoms with Crippen LogP contribution < -0.4 is 4.90 Å². The SMILES string of the molecule is c1ccc(-c2nc(-c3ccc4c(c3)sc3ccccc34)nc(-c3cccc4oc5cc(N(c6ccc7ccccc7c6)c6ccc7ccccc7c6)ccc5c34)n2)cc1. The molecule has 0 unspecified atom stereocenters. The summed E-state index contributed by atoms with van der Waals surface area (Å²) in [5.74, 6) is 1.84. The highest BCUT2D eigenvalue weighted by Crippen LogP contribution is 2.43. The Morgan fingerprint density at radius 1 is 0.373 bits per heavy atom. The first-order chi connectivity index (χ1) is 29.2. The average Bonchev–Trinajstić information content (AvgIpc) is 3.87. The summed E-state index contributed by atoms with van der Waals surface area (Å²) in [5, 5.41) is 9.22.